The molecule has 0 radical (unpaired) electrons. The normalized spacial score (nSPS) is 11.9. The summed E-state index contributed by atoms with van der Waals surface area (Å²) in [7, 11) is 1.35. The molecule has 0 spiro atoms. The van der Waals surface area contributed by atoms with Gasteiger partial charge >= 0.3 is 5.97 Å². The van der Waals surface area contributed by atoms with Crippen molar-refractivity contribution < 1.29 is 19.0 Å². The molecule has 100 valence electrons. The van der Waals surface area contributed by atoms with Crippen LogP contribution in [0.15, 0.2) is 12.1 Å². The molecule has 2 rings (SSSR count). The Balaban J connectivity index is 0.00000162. The van der Waals surface area contributed by atoms with E-state index in [1.807, 2.05) is 6.07 Å². The molecule has 5 nitrogen and oxygen atoms in total. The van der Waals surface area contributed by atoms with E-state index in [0.717, 1.165) is 5.56 Å². The average molecular weight is 294 g/mol. The van der Waals surface area contributed by atoms with Crippen molar-refractivity contribution >= 4 is 30.0 Å². The molecule has 1 aromatic carbocycles. The van der Waals surface area contributed by atoms with Crippen molar-refractivity contribution in [3.8, 4) is 11.5 Å². The number of halogens is 2. The molecule has 0 unspecified atom stereocenters. The van der Waals surface area contributed by atoms with E-state index in [1.165, 1.54) is 7.11 Å². The minimum Gasteiger partial charge on any atom is -0.468 e. The van der Waals surface area contributed by atoms with Crippen LogP contribution in [0, 0.1) is 0 Å². The number of rotatable bonds is 4. The van der Waals surface area contributed by atoms with Crippen molar-refractivity contribution in [2.75, 3.05) is 20.4 Å². The Morgan fingerprint density at radius 2 is 2.28 bits per heavy atom. The maximum absolute atomic E-state index is 10.9. The van der Waals surface area contributed by atoms with Gasteiger partial charge in [-0.1, -0.05) is 11.6 Å². The van der Waals surface area contributed by atoms with E-state index in [2.05, 4.69) is 10.1 Å². The van der Waals surface area contributed by atoms with E-state index >= 15 is 0 Å². The fraction of sp³-hybridized carbons (Fsp3) is 0.364. The number of esters is 1. The van der Waals surface area contributed by atoms with Gasteiger partial charge in [0.25, 0.3) is 0 Å². The lowest BCUT2D eigenvalue weighted by atomic mass is 10.2. The number of carbonyl (C=O) groups excluding carboxylic acids is 1. The van der Waals surface area contributed by atoms with Gasteiger partial charge in [-0.05, 0) is 17.7 Å². The zero-order chi connectivity index (χ0) is 12.3. The van der Waals surface area contributed by atoms with Crippen molar-refractivity contribution in [3.63, 3.8) is 0 Å². The minimum absolute atomic E-state index is 0. The first-order valence-corrected chi connectivity index (χ1v) is 5.44. The molecule has 0 atom stereocenters. The molecular formula is C11H13Cl2NO4. The summed E-state index contributed by atoms with van der Waals surface area (Å²) in [5, 5.41) is 3.45. The van der Waals surface area contributed by atoms with Crippen LogP contribution in [0.25, 0.3) is 0 Å². The Bertz CT molecular complexity index is 439. The van der Waals surface area contributed by atoms with Gasteiger partial charge in [0.2, 0.25) is 6.79 Å². The molecule has 1 aliphatic rings. The van der Waals surface area contributed by atoms with E-state index in [9.17, 15) is 4.79 Å². The second-order valence-corrected chi connectivity index (χ2v) is 3.90. The molecule has 0 bridgehead atoms. The maximum atomic E-state index is 10.9. The molecule has 0 aromatic heterocycles. The van der Waals surface area contributed by atoms with Crippen molar-refractivity contribution in [1.82, 2.24) is 5.32 Å². The smallest absolute Gasteiger partial charge is 0.319 e. The predicted octanol–water partition coefficient (Wildman–Crippen LogP) is 1.75. The van der Waals surface area contributed by atoms with Gasteiger partial charge in [0.1, 0.15) is 0 Å². The third-order valence-electron chi connectivity index (χ3n) is 2.31. The van der Waals surface area contributed by atoms with Gasteiger partial charge in [0, 0.05) is 6.54 Å². The van der Waals surface area contributed by atoms with Gasteiger partial charge in [-0.2, -0.15) is 0 Å². The van der Waals surface area contributed by atoms with Crippen LogP contribution < -0.4 is 14.8 Å². The molecule has 7 heteroatoms. The van der Waals surface area contributed by atoms with E-state index in [0.29, 0.717) is 23.1 Å². The van der Waals surface area contributed by atoms with E-state index in [-0.39, 0.29) is 31.7 Å². The first-order valence-electron chi connectivity index (χ1n) is 5.06. The van der Waals surface area contributed by atoms with Crippen LogP contribution in [-0.2, 0) is 16.1 Å². The molecule has 18 heavy (non-hydrogen) atoms. The lowest BCUT2D eigenvalue weighted by Gasteiger charge is -2.06. The first-order chi connectivity index (χ1) is 8.20. The number of fused-ring (bicyclic) bond motifs is 1. The Morgan fingerprint density at radius 3 is 3.00 bits per heavy atom. The number of nitrogens with one attached hydrogen (secondary N) is 1. The SMILES string of the molecule is COC(=O)CNCc1cc(Cl)c2c(c1)OCO2.Cl. The van der Waals surface area contributed by atoms with Gasteiger partial charge < -0.3 is 19.5 Å². The third kappa shape index (κ3) is 3.41. The molecule has 0 aliphatic carbocycles. The molecular weight excluding hydrogens is 281 g/mol. The maximum Gasteiger partial charge on any atom is 0.319 e. The number of carbonyl (C=O) groups is 1. The highest BCUT2D eigenvalue weighted by atomic mass is 35.5. The summed E-state index contributed by atoms with van der Waals surface area (Å²) in [6, 6.07) is 3.61. The van der Waals surface area contributed by atoms with Crippen molar-refractivity contribution in [2.24, 2.45) is 0 Å². The highest BCUT2D eigenvalue weighted by molar-refractivity contribution is 6.32. The van der Waals surface area contributed by atoms with Gasteiger partial charge in [-0.3, -0.25) is 4.79 Å². The molecule has 1 heterocycles. The van der Waals surface area contributed by atoms with Crippen molar-refractivity contribution in [2.45, 2.75) is 6.54 Å². The Hall–Kier alpha value is -1.17. The third-order valence-corrected chi connectivity index (χ3v) is 2.59. The van der Waals surface area contributed by atoms with Crippen LogP contribution in [-0.4, -0.2) is 26.4 Å². The van der Waals surface area contributed by atoms with Crippen LogP contribution in [0.2, 0.25) is 5.02 Å². The summed E-state index contributed by atoms with van der Waals surface area (Å²) >= 11 is 6.02. The molecule has 0 saturated carbocycles. The number of hydrogen-bond acceptors (Lipinski definition) is 5. The molecule has 1 aromatic rings. The van der Waals surface area contributed by atoms with Crippen LogP contribution in [0.1, 0.15) is 5.56 Å². The second kappa shape index (κ2) is 6.68. The fourth-order valence-corrected chi connectivity index (χ4v) is 1.79. The number of ether oxygens (including phenoxy) is 3. The Morgan fingerprint density at radius 1 is 1.50 bits per heavy atom. The van der Waals surface area contributed by atoms with Crippen molar-refractivity contribution in [3.05, 3.63) is 22.7 Å². The summed E-state index contributed by atoms with van der Waals surface area (Å²) < 4.78 is 15.0. The molecule has 1 N–H and O–H groups in total. The Labute approximate surface area is 116 Å². The predicted molar refractivity (Wildman–Crippen MR) is 68.5 cm³/mol. The summed E-state index contributed by atoms with van der Waals surface area (Å²) in [4.78, 5) is 10.9. The summed E-state index contributed by atoms with van der Waals surface area (Å²) in [6.45, 7) is 0.849. The quantitative estimate of drug-likeness (QED) is 0.857. The zero-order valence-electron chi connectivity index (χ0n) is 9.70. The molecule has 0 fully saturated rings. The average Bonchev–Trinajstić information content (AvgIpc) is 2.77. The number of benzene rings is 1. The highest BCUT2D eigenvalue weighted by Crippen LogP contribution is 2.39. The second-order valence-electron chi connectivity index (χ2n) is 3.49. The monoisotopic (exact) mass is 293 g/mol. The van der Waals surface area contributed by atoms with Gasteiger partial charge in [0.15, 0.2) is 11.5 Å². The largest absolute Gasteiger partial charge is 0.468 e. The van der Waals surface area contributed by atoms with Crippen LogP contribution in [0.5, 0.6) is 11.5 Å². The van der Waals surface area contributed by atoms with Gasteiger partial charge in [-0.15, -0.1) is 12.4 Å². The fourth-order valence-electron chi connectivity index (χ4n) is 1.50. The lowest BCUT2D eigenvalue weighted by molar-refractivity contribution is -0.139. The van der Waals surface area contributed by atoms with Crippen LogP contribution in [0.3, 0.4) is 0 Å². The Kier molecular flexibility index (Phi) is 5.53. The topological polar surface area (TPSA) is 56.8 Å². The van der Waals surface area contributed by atoms with Gasteiger partial charge in [-0.25, -0.2) is 0 Å². The minimum atomic E-state index is -0.308. The van der Waals surface area contributed by atoms with E-state index in [4.69, 9.17) is 21.1 Å². The lowest BCUT2D eigenvalue weighted by Crippen LogP contribution is -2.23. The van der Waals surface area contributed by atoms with Crippen LogP contribution >= 0.6 is 24.0 Å². The van der Waals surface area contributed by atoms with Gasteiger partial charge in [0.05, 0.1) is 18.7 Å². The van der Waals surface area contributed by atoms with E-state index < -0.39 is 0 Å². The number of methoxy groups -OCH3 is 1. The molecule has 1 aliphatic heterocycles. The summed E-state index contributed by atoms with van der Waals surface area (Å²) in [6.07, 6.45) is 0. The van der Waals surface area contributed by atoms with Crippen LogP contribution in [0.4, 0.5) is 0 Å². The number of hydrogen-bond donors (Lipinski definition) is 1. The molecule has 0 amide bonds. The standard InChI is InChI=1S/C11H12ClNO4.ClH/c1-15-10(14)5-13-4-7-2-8(12)11-9(3-7)16-6-17-11;/h2-3,13H,4-6H2,1H3;1H. The highest BCUT2D eigenvalue weighted by Gasteiger charge is 2.18. The van der Waals surface area contributed by atoms with Crippen molar-refractivity contribution in [1.29, 1.82) is 0 Å². The summed E-state index contributed by atoms with van der Waals surface area (Å²) in [5.74, 6) is 0.896. The first kappa shape index (κ1) is 14.9. The zero-order valence-corrected chi connectivity index (χ0v) is 11.3. The summed E-state index contributed by atoms with van der Waals surface area (Å²) in [5.41, 5.74) is 0.920. The van der Waals surface area contributed by atoms with E-state index in [1.54, 1.807) is 6.07 Å². The molecule has 0 saturated heterocycles.